The third kappa shape index (κ3) is 6.02. The Morgan fingerprint density at radius 1 is 0.262 bits per heavy atom. The summed E-state index contributed by atoms with van der Waals surface area (Å²) in [4.78, 5) is 0. The van der Waals surface area contributed by atoms with Gasteiger partial charge < -0.3 is 44.8 Å². The lowest BCUT2D eigenvalue weighted by molar-refractivity contribution is 0.632. The molecule has 404 valence electrons. The molecule has 0 bridgehead atoms. The van der Waals surface area contributed by atoms with Crippen molar-refractivity contribution in [3.8, 4) is 11.4 Å². The van der Waals surface area contributed by atoms with Crippen molar-refractivity contribution in [1.29, 1.82) is 0 Å². The first-order valence-corrected chi connectivity index (χ1v) is 29.9. The van der Waals surface area contributed by atoms with Crippen molar-refractivity contribution in [2.24, 2.45) is 14.1 Å². The molecule has 0 fully saturated rings. The summed E-state index contributed by atoms with van der Waals surface area (Å²) in [6.45, 7) is 12.7. The van der Waals surface area contributed by atoms with Gasteiger partial charge in [0.2, 0.25) is 0 Å². The summed E-state index contributed by atoms with van der Waals surface area (Å²) in [5, 5.41) is 8.85. The van der Waals surface area contributed by atoms with E-state index in [1.54, 1.807) is 0 Å². The molecule has 0 unspecified atom stereocenters. The SMILES string of the molecule is Cc1ccc(-n2c3c4ccc(C)cc4oc3c3oc4cc5c(cc4c32)oc2c3oc4cc(C)ccc4c3n(-c3ccc(C)cc3)c52)cc1.Cc1ccc2c3sc4c5cc6oc7c(sc8c9ccc(C)cc9n(C)c78)c6cc5oc4c3n(C)c2c1. The van der Waals surface area contributed by atoms with Crippen molar-refractivity contribution in [2.75, 3.05) is 0 Å². The minimum absolute atomic E-state index is 0.724. The van der Waals surface area contributed by atoms with Gasteiger partial charge >= 0.3 is 0 Å². The van der Waals surface area contributed by atoms with E-state index in [1.165, 1.54) is 73.9 Å². The molecule has 0 N–H and O–H groups in total. The highest BCUT2D eigenvalue weighted by Gasteiger charge is 2.30. The van der Waals surface area contributed by atoms with Crippen LogP contribution in [-0.2, 0) is 14.1 Å². The Morgan fingerprint density at radius 2 is 0.560 bits per heavy atom. The van der Waals surface area contributed by atoms with E-state index in [0.29, 0.717) is 0 Å². The highest BCUT2D eigenvalue weighted by atomic mass is 32.1. The lowest BCUT2D eigenvalue weighted by Gasteiger charge is -2.08. The van der Waals surface area contributed by atoms with Gasteiger partial charge in [-0.3, -0.25) is 0 Å². The summed E-state index contributed by atoms with van der Waals surface area (Å²) in [7, 11) is 4.28. The van der Waals surface area contributed by atoms with Crippen molar-refractivity contribution in [3.63, 3.8) is 0 Å². The summed E-state index contributed by atoms with van der Waals surface area (Å²) < 4.78 is 53.9. The second kappa shape index (κ2) is 16.0. The first-order valence-electron chi connectivity index (χ1n) is 28.3. The van der Waals surface area contributed by atoms with Crippen molar-refractivity contribution in [2.45, 2.75) is 41.5 Å². The number of rotatable bonds is 2. The molecule has 0 amide bonds. The van der Waals surface area contributed by atoms with Crippen molar-refractivity contribution in [3.05, 3.63) is 179 Å². The summed E-state index contributed by atoms with van der Waals surface area (Å²) in [5.41, 5.74) is 28.1. The molecule has 12 aromatic heterocycles. The second-order valence-corrected chi connectivity index (χ2v) is 25.4. The second-order valence-electron chi connectivity index (χ2n) is 23.4. The predicted molar refractivity (Wildman–Crippen MR) is 347 cm³/mol. The number of nitrogens with zero attached hydrogens (tertiary/aromatic N) is 4. The fourth-order valence-corrected chi connectivity index (χ4v) is 16.4. The minimum atomic E-state index is 0.724. The van der Waals surface area contributed by atoms with Gasteiger partial charge in [-0.1, -0.05) is 71.8 Å². The van der Waals surface area contributed by atoms with Gasteiger partial charge in [0.15, 0.2) is 33.5 Å². The third-order valence-corrected chi connectivity index (χ3v) is 20.3. The normalized spacial score (nSPS) is 12.8. The fraction of sp³-hybridized carbons (Fsp3) is 0.111. The molecule has 20 rings (SSSR count). The molecule has 10 nitrogen and oxygen atoms in total. The van der Waals surface area contributed by atoms with Crippen LogP contribution in [0.5, 0.6) is 0 Å². The van der Waals surface area contributed by atoms with Crippen LogP contribution in [0.1, 0.15) is 33.4 Å². The third-order valence-electron chi connectivity index (χ3n) is 17.8. The van der Waals surface area contributed by atoms with E-state index in [2.05, 4.69) is 219 Å². The Labute approximate surface area is 483 Å². The maximum absolute atomic E-state index is 6.79. The van der Waals surface area contributed by atoms with Crippen LogP contribution in [0.2, 0.25) is 0 Å². The number of furan rings is 6. The average molecular weight is 1130 g/mol. The Kier molecular flexibility index (Phi) is 8.90. The average Bonchev–Trinajstić information content (AvgIpc) is 1.59. The van der Waals surface area contributed by atoms with Crippen LogP contribution in [0, 0.1) is 41.5 Å². The van der Waals surface area contributed by atoms with E-state index in [-0.39, 0.29) is 0 Å². The molecule has 0 spiro atoms. The van der Waals surface area contributed by atoms with Crippen LogP contribution in [0.15, 0.2) is 172 Å². The monoisotopic (exact) mass is 1130 g/mol. The molecule has 0 aliphatic rings. The van der Waals surface area contributed by atoms with Crippen molar-refractivity contribution in [1.82, 2.24) is 18.3 Å². The van der Waals surface area contributed by atoms with Gasteiger partial charge in [0.1, 0.15) is 66.6 Å². The lowest BCUT2D eigenvalue weighted by atomic mass is 10.1. The molecular formula is C72H48N4O6S2. The van der Waals surface area contributed by atoms with Crippen LogP contribution in [0.25, 0.3) is 184 Å². The number of aryl methyl sites for hydroxylation is 8. The molecule has 0 saturated carbocycles. The summed E-state index contributed by atoms with van der Waals surface area (Å²) in [6.07, 6.45) is 0. The first kappa shape index (κ1) is 46.7. The highest BCUT2D eigenvalue weighted by Crippen LogP contribution is 2.51. The van der Waals surface area contributed by atoms with E-state index < -0.39 is 0 Å². The molecule has 12 heterocycles. The molecular weight excluding hydrogens is 1080 g/mol. The van der Waals surface area contributed by atoms with E-state index >= 15 is 0 Å². The summed E-state index contributed by atoms with van der Waals surface area (Å²) >= 11 is 3.65. The number of benzene rings is 8. The van der Waals surface area contributed by atoms with Gasteiger partial charge in [-0.25, -0.2) is 0 Å². The van der Waals surface area contributed by atoms with E-state index in [0.717, 1.165) is 144 Å². The molecule has 8 aromatic carbocycles. The molecule has 0 radical (unpaired) electrons. The zero-order chi connectivity index (χ0) is 56.0. The maximum atomic E-state index is 6.79. The smallest absolute Gasteiger partial charge is 0.196 e. The Hall–Kier alpha value is -9.88. The van der Waals surface area contributed by atoms with Gasteiger partial charge in [0.05, 0.1) is 29.8 Å². The zero-order valence-corrected chi connectivity index (χ0v) is 48.5. The van der Waals surface area contributed by atoms with Crippen LogP contribution >= 0.6 is 22.7 Å². The number of fused-ring (bicyclic) bond motifs is 28. The molecule has 0 aliphatic heterocycles. The van der Waals surface area contributed by atoms with Gasteiger partial charge in [-0.2, -0.15) is 0 Å². The van der Waals surface area contributed by atoms with Crippen molar-refractivity contribution < 1.29 is 26.5 Å². The maximum Gasteiger partial charge on any atom is 0.196 e. The Morgan fingerprint density at radius 3 is 0.952 bits per heavy atom. The zero-order valence-electron chi connectivity index (χ0n) is 46.9. The number of aromatic nitrogens is 4. The van der Waals surface area contributed by atoms with E-state index in [4.69, 9.17) is 26.5 Å². The lowest BCUT2D eigenvalue weighted by Crippen LogP contribution is -1.94. The van der Waals surface area contributed by atoms with Crippen LogP contribution in [-0.4, -0.2) is 18.3 Å². The Bertz CT molecular complexity index is 5930. The van der Waals surface area contributed by atoms with Crippen molar-refractivity contribution >= 4 is 196 Å². The van der Waals surface area contributed by atoms with Gasteiger partial charge in [0, 0.05) is 68.6 Å². The molecule has 20 aromatic rings. The minimum Gasteiger partial charge on any atom is -0.453 e. The van der Waals surface area contributed by atoms with Gasteiger partial charge in [0.25, 0.3) is 0 Å². The van der Waals surface area contributed by atoms with Crippen LogP contribution in [0.4, 0.5) is 0 Å². The molecule has 12 heteroatoms. The molecule has 0 atom stereocenters. The number of hydrogen-bond acceptors (Lipinski definition) is 8. The molecule has 84 heavy (non-hydrogen) atoms. The van der Waals surface area contributed by atoms with Crippen LogP contribution in [0.3, 0.4) is 0 Å². The Balaban J connectivity index is 0.000000129. The van der Waals surface area contributed by atoms with E-state index in [9.17, 15) is 0 Å². The highest BCUT2D eigenvalue weighted by molar-refractivity contribution is 7.28. The fourth-order valence-electron chi connectivity index (χ4n) is 13.8. The molecule has 0 aliphatic carbocycles. The summed E-state index contributed by atoms with van der Waals surface area (Å²) in [6, 6.07) is 51.9. The standard InChI is InChI=1S/C42H28N2O4.C30H20N2O2S2/c1-21-5-11-25(12-6-21)43-35-27-15-9-23(3)17-31(27)45-39(35)41-37(43)29-19-34-30(20-33(29)47-41)38-42(48-34)40-36(28-16-10-24(4)18-32(28)46-40)44(38)26-13-7-22(2)8-14-26;1-13-5-7-15-19(9-13)31(3)23-25-29(35-27(15)23)17-11-22-18(12-21(17)33-25)30-26(34-22)24-28(36-30)16-8-6-14(2)10-20(16)32(24)4/h5-20H,1-4H3;5-12H,1-4H3. The quantitative estimate of drug-likeness (QED) is 0.171. The van der Waals surface area contributed by atoms with Crippen LogP contribution < -0.4 is 0 Å². The first-order chi connectivity index (χ1) is 40.9. The summed E-state index contributed by atoms with van der Waals surface area (Å²) in [5.74, 6) is 0. The van der Waals surface area contributed by atoms with E-state index in [1.807, 2.05) is 22.7 Å². The topological polar surface area (TPSA) is 98.6 Å². The molecule has 0 saturated heterocycles. The number of thiophene rings is 2. The predicted octanol–water partition coefficient (Wildman–Crippen LogP) is 21.6. The van der Waals surface area contributed by atoms with Gasteiger partial charge in [-0.15, -0.1) is 22.7 Å². The van der Waals surface area contributed by atoms with Gasteiger partial charge in [-0.05, 0) is 149 Å². The largest absolute Gasteiger partial charge is 0.453 e. The number of hydrogen-bond donors (Lipinski definition) is 0.